The van der Waals surface area contributed by atoms with E-state index in [0.29, 0.717) is 18.5 Å². The Balaban J connectivity index is 1.88. The van der Waals surface area contributed by atoms with E-state index >= 15 is 0 Å². The highest BCUT2D eigenvalue weighted by atomic mass is 16.2. The number of carbonyl (C=O) groups excluding carboxylic acids is 2. The molecule has 1 aromatic heterocycles. The third-order valence-electron chi connectivity index (χ3n) is 6.10. The van der Waals surface area contributed by atoms with Crippen molar-refractivity contribution in [2.45, 2.75) is 45.7 Å². The van der Waals surface area contributed by atoms with E-state index < -0.39 is 6.04 Å². The molecule has 0 spiro atoms. The molecule has 5 nitrogen and oxygen atoms in total. The van der Waals surface area contributed by atoms with Gasteiger partial charge in [0.25, 0.3) is 5.91 Å². The number of para-hydroxylation sites is 1. The Labute approximate surface area is 184 Å². The van der Waals surface area contributed by atoms with Crippen molar-refractivity contribution < 1.29 is 9.59 Å². The summed E-state index contributed by atoms with van der Waals surface area (Å²) in [5.74, 6) is 0.148. The summed E-state index contributed by atoms with van der Waals surface area (Å²) in [4.78, 5) is 28.8. The molecule has 2 unspecified atom stereocenters. The van der Waals surface area contributed by atoms with E-state index in [2.05, 4.69) is 42.1 Å². The van der Waals surface area contributed by atoms with Gasteiger partial charge < -0.3 is 14.8 Å². The zero-order valence-electron chi connectivity index (χ0n) is 18.8. The maximum absolute atomic E-state index is 13.7. The standard InChI is InChI=1S/C26H31N3O2/c1-5-14-27-25(30)23(15-17(2)3)29-24(19-11-6-7-12-20(19)26(29)31)21-16-28(4)22-13-9-8-10-18(21)22/h6-13,16-17,23-24H,5,14-15H2,1-4H3,(H,27,30). The lowest BCUT2D eigenvalue weighted by molar-refractivity contribution is -0.126. The lowest BCUT2D eigenvalue weighted by atomic mass is 9.95. The molecule has 2 aromatic carbocycles. The second-order valence-corrected chi connectivity index (χ2v) is 8.85. The van der Waals surface area contributed by atoms with E-state index in [0.717, 1.165) is 28.5 Å². The smallest absolute Gasteiger partial charge is 0.255 e. The fourth-order valence-corrected chi connectivity index (χ4v) is 4.73. The molecular formula is C26H31N3O2. The fraction of sp³-hybridized carbons (Fsp3) is 0.385. The maximum atomic E-state index is 13.7. The molecule has 1 aliphatic heterocycles. The first-order valence-corrected chi connectivity index (χ1v) is 11.2. The minimum atomic E-state index is -0.518. The van der Waals surface area contributed by atoms with Crippen molar-refractivity contribution in [3.63, 3.8) is 0 Å². The molecule has 0 saturated carbocycles. The Morgan fingerprint density at radius 1 is 1.06 bits per heavy atom. The van der Waals surface area contributed by atoms with Crippen molar-refractivity contribution in [1.82, 2.24) is 14.8 Å². The molecule has 0 saturated heterocycles. The van der Waals surface area contributed by atoms with Crippen LogP contribution >= 0.6 is 0 Å². The fourth-order valence-electron chi connectivity index (χ4n) is 4.73. The maximum Gasteiger partial charge on any atom is 0.255 e. The number of fused-ring (bicyclic) bond motifs is 2. The predicted molar refractivity (Wildman–Crippen MR) is 124 cm³/mol. The summed E-state index contributed by atoms with van der Waals surface area (Å²) >= 11 is 0. The zero-order valence-corrected chi connectivity index (χ0v) is 18.8. The number of hydrogen-bond acceptors (Lipinski definition) is 2. The van der Waals surface area contributed by atoms with Gasteiger partial charge in [-0.25, -0.2) is 0 Å². The summed E-state index contributed by atoms with van der Waals surface area (Å²) in [6, 6.07) is 15.2. The molecule has 0 radical (unpaired) electrons. The highest BCUT2D eigenvalue weighted by molar-refractivity contribution is 6.03. The summed E-state index contributed by atoms with van der Waals surface area (Å²) in [6.07, 6.45) is 3.59. The Bertz CT molecular complexity index is 1110. The molecular weight excluding hydrogens is 386 g/mol. The van der Waals surface area contributed by atoms with Gasteiger partial charge in [-0.1, -0.05) is 57.2 Å². The van der Waals surface area contributed by atoms with Crippen molar-refractivity contribution in [3.8, 4) is 0 Å². The first-order valence-electron chi connectivity index (χ1n) is 11.2. The van der Waals surface area contributed by atoms with Gasteiger partial charge in [0, 0.05) is 41.8 Å². The summed E-state index contributed by atoms with van der Waals surface area (Å²) in [5, 5.41) is 4.15. The van der Waals surface area contributed by atoms with E-state index in [1.165, 1.54) is 0 Å². The van der Waals surface area contributed by atoms with Gasteiger partial charge in [0.2, 0.25) is 5.91 Å². The number of amides is 2. The SMILES string of the molecule is CCCNC(=O)C(CC(C)C)N1C(=O)c2ccccc2C1c1cn(C)c2ccccc12. The van der Waals surface area contributed by atoms with Crippen LogP contribution in [0.5, 0.6) is 0 Å². The van der Waals surface area contributed by atoms with Crippen molar-refractivity contribution in [2.24, 2.45) is 13.0 Å². The molecule has 3 aromatic rings. The average Bonchev–Trinajstić information content (AvgIpc) is 3.25. The summed E-state index contributed by atoms with van der Waals surface area (Å²) in [7, 11) is 2.03. The molecule has 2 atom stereocenters. The van der Waals surface area contributed by atoms with Crippen LogP contribution in [0.25, 0.3) is 10.9 Å². The highest BCUT2D eigenvalue weighted by Gasteiger charge is 2.44. The second-order valence-electron chi connectivity index (χ2n) is 8.85. The molecule has 0 aliphatic carbocycles. The molecule has 31 heavy (non-hydrogen) atoms. The minimum Gasteiger partial charge on any atom is -0.354 e. The number of hydrogen-bond donors (Lipinski definition) is 1. The van der Waals surface area contributed by atoms with Gasteiger partial charge in [0.15, 0.2) is 0 Å². The molecule has 0 fully saturated rings. The highest BCUT2D eigenvalue weighted by Crippen LogP contribution is 2.43. The normalized spacial score (nSPS) is 16.7. The van der Waals surface area contributed by atoms with Crippen molar-refractivity contribution >= 4 is 22.7 Å². The largest absolute Gasteiger partial charge is 0.354 e. The first-order chi connectivity index (χ1) is 14.9. The quantitative estimate of drug-likeness (QED) is 0.608. The number of aryl methyl sites for hydroxylation is 1. The van der Waals surface area contributed by atoms with Crippen LogP contribution in [-0.2, 0) is 11.8 Å². The summed E-state index contributed by atoms with van der Waals surface area (Å²) in [6.45, 7) is 6.84. The van der Waals surface area contributed by atoms with Crippen LogP contribution in [0, 0.1) is 5.92 Å². The monoisotopic (exact) mass is 417 g/mol. The van der Waals surface area contributed by atoms with Crippen LogP contribution in [0.1, 0.15) is 61.1 Å². The Morgan fingerprint density at radius 3 is 2.52 bits per heavy atom. The van der Waals surface area contributed by atoms with Crippen LogP contribution < -0.4 is 5.32 Å². The van der Waals surface area contributed by atoms with Gasteiger partial charge >= 0.3 is 0 Å². The van der Waals surface area contributed by atoms with Gasteiger partial charge in [0.05, 0.1) is 6.04 Å². The number of aromatic nitrogens is 1. The molecule has 0 bridgehead atoms. The van der Waals surface area contributed by atoms with Crippen molar-refractivity contribution in [3.05, 3.63) is 71.4 Å². The van der Waals surface area contributed by atoms with E-state index in [1.54, 1.807) is 0 Å². The predicted octanol–water partition coefficient (Wildman–Crippen LogP) is 4.66. The summed E-state index contributed by atoms with van der Waals surface area (Å²) < 4.78 is 2.10. The lowest BCUT2D eigenvalue weighted by Crippen LogP contribution is -2.49. The first kappa shape index (κ1) is 21.2. The van der Waals surface area contributed by atoms with E-state index in [-0.39, 0.29) is 23.8 Å². The van der Waals surface area contributed by atoms with E-state index in [9.17, 15) is 9.59 Å². The van der Waals surface area contributed by atoms with Crippen LogP contribution in [0.3, 0.4) is 0 Å². The molecule has 162 valence electrons. The average molecular weight is 418 g/mol. The second kappa shape index (κ2) is 8.58. The zero-order chi connectivity index (χ0) is 22.1. The Kier molecular flexibility index (Phi) is 5.86. The van der Waals surface area contributed by atoms with Crippen LogP contribution in [0.15, 0.2) is 54.7 Å². The number of nitrogens with one attached hydrogen (secondary N) is 1. The van der Waals surface area contributed by atoms with Gasteiger partial charge in [0.1, 0.15) is 6.04 Å². The molecule has 1 N–H and O–H groups in total. The van der Waals surface area contributed by atoms with Gasteiger partial charge in [-0.05, 0) is 36.5 Å². The molecule has 4 rings (SSSR count). The molecule has 2 heterocycles. The molecule has 2 amide bonds. The van der Waals surface area contributed by atoms with Gasteiger partial charge in [-0.3, -0.25) is 9.59 Å². The molecule has 5 heteroatoms. The Hall–Kier alpha value is -3.08. The van der Waals surface area contributed by atoms with Gasteiger partial charge in [-0.15, -0.1) is 0 Å². The third-order valence-corrected chi connectivity index (χ3v) is 6.10. The van der Waals surface area contributed by atoms with Gasteiger partial charge in [-0.2, -0.15) is 0 Å². The van der Waals surface area contributed by atoms with Crippen molar-refractivity contribution in [1.29, 1.82) is 0 Å². The van der Waals surface area contributed by atoms with Crippen LogP contribution in [0.4, 0.5) is 0 Å². The summed E-state index contributed by atoms with van der Waals surface area (Å²) in [5.41, 5.74) is 3.84. The number of carbonyl (C=O) groups is 2. The van der Waals surface area contributed by atoms with E-state index in [1.807, 2.05) is 55.3 Å². The minimum absolute atomic E-state index is 0.0640. The number of nitrogens with zero attached hydrogens (tertiary/aromatic N) is 2. The third kappa shape index (κ3) is 3.73. The van der Waals surface area contributed by atoms with E-state index in [4.69, 9.17) is 0 Å². The van der Waals surface area contributed by atoms with Crippen molar-refractivity contribution in [2.75, 3.05) is 6.54 Å². The number of rotatable bonds is 7. The lowest BCUT2D eigenvalue weighted by Gasteiger charge is -2.34. The van der Waals surface area contributed by atoms with Crippen LogP contribution in [-0.4, -0.2) is 33.9 Å². The number of benzene rings is 2. The molecule has 1 aliphatic rings. The Morgan fingerprint density at radius 2 is 1.77 bits per heavy atom. The topological polar surface area (TPSA) is 54.3 Å². The van der Waals surface area contributed by atoms with Crippen LogP contribution in [0.2, 0.25) is 0 Å².